The second kappa shape index (κ2) is 5.10. The summed E-state index contributed by atoms with van der Waals surface area (Å²) in [6, 6.07) is 9.60. The normalized spacial score (nSPS) is 36.4. The van der Waals surface area contributed by atoms with Gasteiger partial charge < -0.3 is 0 Å². The topological polar surface area (TPSA) is 37.4 Å². The van der Waals surface area contributed by atoms with Gasteiger partial charge >= 0.3 is 0 Å². The van der Waals surface area contributed by atoms with Gasteiger partial charge in [-0.05, 0) is 56.2 Å². The molecule has 1 aliphatic carbocycles. The van der Waals surface area contributed by atoms with Gasteiger partial charge in [-0.25, -0.2) is 8.42 Å². The lowest BCUT2D eigenvalue weighted by Gasteiger charge is -2.42. The van der Waals surface area contributed by atoms with Crippen LogP contribution in [0.4, 0.5) is 0 Å². The molecule has 0 aromatic heterocycles. The van der Waals surface area contributed by atoms with Crippen LogP contribution in [0.15, 0.2) is 35.2 Å². The fraction of sp³-hybridized carbons (Fsp3) is 0.647. The second-order valence-electron chi connectivity index (χ2n) is 6.88. The van der Waals surface area contributed by atoms with Crippen LogP contribution in [0.1, 0.15) is 32.1 Å². The number of hydrogen-bond donors (Lipinski definition) is 0. The minimum atomic E-state index is -3.19. The molecule has 0 spiro atoms. The van der Waals surface area contributed by atoms with Crippen LogP contribution in [-0.4, -0.2) is 37.7 Å². The summed E-state index contributed by atoms with van der Waals surface area (Å²) in [6.07, 6.45) is 6.15. The highest BCUT2D eigenvalue weighted by molar-refractivity contribution is 7.92. The number of sulfone groups is 1. The lowest BCUT2D eigenvalue weighted by molar-refractivity contribution is 0.0760. The third-order valence-corrected chi connectivity index (χ3v) is 8.06. The van der Waals surface area contributed by atoms with Crippen molar-refractivity contribution in [1.29, 1.82) is 0 Å². The first-order valence-electron chi connectivity index (χ1n) is 8.21. The Balaban J connectivity index is 1.70. The van der Waals surface area contributed by atoms with E-state index in [1.54, 1.807) is 12.1 Å². The summed E-state index contributed by atoms with van der Waals surface area (Å²) >= 11 is 0. The van der Waals surface area contributed by atoms with Crippen LogP contribution in [0, 0.1) is 11.8 Å². The minimum Gasteiger partial charge on any atom is -0.298 e. The van der Waals surface area contributed by atoms with E-state index in [0.29, 0.717) is 16.9 Å². The van der Waals surface area contributed by atoms with Gasteiger partial charge in [0.05, 0.1) is 10.1 Å². The first-order valence-corrected chi connectivity index (χ1v) is 9.75. The molecule has 3 aliphatic rings. The molecule has 0 unspecified atom stereocenters. The van der Waals surface area contributed by atoms with Crippen molar-refractivity contribution < 1.29 is 8.42 Å². The Bertz CT molecular complexity index is 611. The Kier molecular flexibility index (Phi) is 3.34. The van der Waals surface area contributed by atoms with E-state index in [1.807, 2.05) is 18.2 Å². The van der Waals surface area contributed by atoms with Crippen LogP contribution in [0.25, 0.3) is 0 Å². The quantitative estimate of drug-likeness (QED) is 0.843. The fourth-order valence-corrected chi connectivity index (χ4v) is 7.03. The maximum Gasteiger partial charge on any atom is 0.182 e. The molecule has 114 valence electrons. The van der Waals surface area contributed by atoms with E-state index < -0.39 is 9.84 Å². The van der Waals surface area contributed by atoms with Gasteiger partial charge in [0.1, 0.15) is 0 Å². The van der Waals surface area contributed by atoms with Crippen molar-refractivity contribution in [1.82, 2.24) is 4.90 Å². The van der Waals surface area contributed by atoms with Gasteiger partial charge in [-0.15, -0.1) is 0 Å². The third kappa shape index (κ3) is 2.15. The van der Waals surface area contributed by atoms with E-state index in [-0.39, 0.29) is 5.25 Å². The smallest absolute Gasteiger partial charge is 0.182 e. The summed E-state index contributed by atoms with van der Waals surface area (Å²) in [7, 11) is -3.19. The molecule has 4 heteroatoms. The summed E-state index contributed by atoms with van der Waals surface area (Å²) < 4.78 is 26.1. The molecule has 1 aromatic rings. The van der Waals surface area contributed by atoms with Gasteiger partial charge in [-0.2, -0.15) is 0 Å². The van der Waals surface area contributed by atoms with Crippen molar-refractivity contribution in [2.75, 3.05) is 13.1 Å². The highest BCUT2D eigenvalue weighted by Crippen LogP contribution is 2.47. The molecule has 0 bridgehead atoms. The molecule has 0 amide bonds. The van der Waals surface area contributed by atoms with Crippen LogP contribution >= 0.6 is 0 Å². The third-order valence-electron chi connectivity index (χ3n) is 5.84. The van der Waals surface area contributed by atoms with E-state index >= 15 is 0 Å². The number of benzene rings is 1. The molecule has 4 rings (SSSR count). The second-order valence-corrected chi connectivity index (χ2v) is 9.05. The summed E-state index contributed by atoms with van der Waals surface area (Å²) in [5.74, 6) is 1.10. The highest BCUT2D eigenvalue weighted by Gasteiger charge is 2.52. The molecular weight excluding hydrogens is 282 g/mol. The standard InChI is InChI=1S/C17H23NO2S/c19-21(20,14-8-2-1-3-9-14)16-12-18-11-5-7-13-6-4-10-15(16)17(13)18/h1-3,8-9,13,15-17H,4-7,10-12H2/t13-,15-,16+,17-/m0/s1. The number of nitrogens with zero attached hydrogens (tertiary/aromatic N) is 1. The Morgan fingerprint density at radius 3 is 2.57 bits per heavy atom. The van der Waals surface area contributed by atoms with Gasteiger partial charge in [0.25, 0.3) is 0 Å². The van der Waals surface area contributed by atoms with E-state index in [0.717, 1.165) is 25.4 Å². The van der Waals surface area contributed by atoms with Crippen LogP contribution in [0.2, 0.25) is 0 Å². The Labute approximate surface area is 127 Å². The van der Waals surface area contributed by atoms with E-state index in [9.17, 15) is 8.42 Å². The minimum absolute atomic E-state index is 0.189. The zero-order valence-electron chi connectivity index (χ0n) is 12.3. The Morgan fingerprint density at radius 2 is 1.76 bits per heavy atom. The SMILES string of the molecule is O=S(=O)(c1ccccc1)[C@@H]1CN2CCC[C@@H]3CCC[C@@H]1[C@H]32. The molecule has 1 saturated carbocycles. The Morgan fingerprint density at radius 1 is 1.00 bits per heavy atom. The molecule has 4 atom stereocenters. The van der Waals surface area contributed by atoms with E-state index in [2.05, 4.69) is 4.90 Å². The van der Waals surface area contributed by atoms with Crippen molar-refractivity contribution >= 4 is 9.84 Å². The first-order chi connectivity index (χ1) is 10.2. The zero-order valence-corrected chi connectivity index (χ0v) is 13.1. The summed E-state index contributed by atoms with van der Waals surface area (Å²) in [4.78, 5) is 3.00. The average molecular weight is 305 g/mol. The largest absolute Gasteiger partial charge is 0.298 e. The zero-order chi connectivity index (χ0) is 14.4. The molecule has 0 N–H and O–H groups in total. The van der Waals surface area contributed by atoms with Gasteiger partial charge in [-0.1, -0.05) is 24.6 Å². The van der Waals surface area contributed by atoms with Crippen molar-refractivity contribution in [2.24, 2.45) is 11.8 Å². The summed E-state index contributed by atoms with van der Waals surface area (Å²) in [6.45, 7) is 1.85. The van der Waals surface area contributed by atoms with E-state index in [1.165, 1.54) is 25.7 Å². The fourth-order valence-electron chi connectivity index (χ4n) is 5.00. The van der Waals surface area contributed by atoms with Crippen molar-refractivity contribution in [3.8, 4) is 0 Å². The lowest BCUT2D eigenvalue weighted by Crippen LogP contribution is -2.45. The average Bonchev–Trinajstić information content (AvgIpc) is 2.91. The van der Waals surface area contributed by atoms with Crippen LogP contribution < -0.4 is 0 Å². The molecule has 3 nitrogen and oxygen atoms in total. The van der Waals surface area contributed by atoms with Crippen LogP contribution in [-0.2, 0) is 9.84 Å². The number of rotatable bonds is 2. The monoisotopic (exact) mass is 305 g/mol. The molecule has 2 saturated heterocycles. The van der Waals surface area contributed by atoms with Gasteiger partial charge in [-0.3, -0.25) is 4.90 Å². The van der Waals surface area contributed by atoms with Crippen molar-refractivity contribution in [3.05, 3.63) is 30.3 Å². The van der Waals surface area contributed by atoms with Crippen LogP contribution in [0.5, 0.6) is 0 Å². The highest BCUT2D eigenvalue weighted by atomic mass is 32.2. The van der Waals surface area contributed by atoms with Crippen molar-refractivity contribution in [3.63, 3.8) is 0 Å². The van der Waals surface area contributed by atoms with Gasteiger partial charge in [0, 0.05) is 12.6 Å². The molecule has 21 heavy (non-hydrogen) atoms. The number of hydrogen-bond acceptors (Lipinski definition) is 3. The molecule has 3 fully saturated rings. The van der Waals surface area contributed by atoms with Gasteiger partial charge in [0.2, 0.25) is 0 Å². The Hall–Kier alpha value is -0.870. The lowest BCUT2D eigenvalue weighted by atomic mass is 9.74. The molecule has 1 aromatic carbocycles. The van der Waals surface area contributed by atoms with Crippen molar-refractivity contribution in [2.45, 2.75) is 48.3 Å². The van der Waals surface area contributed by atoms with Gasteiger partial charge in [0.15, 0.2) is 9.84 Å². The molecule has 0 radical (unpaired) electrons. The maximum absolute atomic E-state index is 13.1. The molecule has 2 aliphatic heterocycles. The summed E-state index contributed by atoms with van der Waals surface area (Å²) in [5.41, 5.74) is 0. The first kappa shape index (κ1) is 13.8. The maximum atomic E-state index is 13.1. The predicted molar refractivity (Wildman–Crippen MR) is 82.8 cm³/mol. The molecule has 2 heterocycles. The van der Waals surface area contributed by atoms with E-state index in [4.69, 9.17) is 0 Å². The van der Waals surface area contributed by atoms with Crippen LogP contribution in [0.3, 0.4) is 0 Å². The number of piperidine rings is 1. The summed E-state index contributed by atoms with van der Waals surface area (Å²) in [5, 5.41) is -0.189. The predicted octanol–water partition coefficient (Wildman–Crippen LogP) is 2.72. The molecular formula is C17H23NO2S.